The number of aromatic nitrogens is 1. The number of rotatable bonds is 2. The van der Waals surface area contributed by atoms with Crippen molar-refractivity contribution < 1.29 is 13.2 Å². The summed E-state index contributed by atoms with van der Waals surface area (Å²) < 4.78 is 36.9. The normalized spacial score (nSPS) is 10.8. The summed E-state index contributed by atoms with van der Waals surface area (Å²) in [5, 5.41) is 0. The van der Waals surface area contributed by atoms with E-state index in [0.717, 1.165) is 6.07 Å². The van der Waals surface area contributed by atoms with E-state index in [-0.39, 0.29) is 17.9 Å². The number of pyridine rings is 1. The van der Waals surface area contributed by atoms with Gasteiger partial charge in [0.2, 0.25) is 5.95 Å². The number of halogens is 3. The van der Waals surface area contributed by atoms with E-state index in [1.807, 2.05) is 0 Å². The third kappa shape index (κ3) is 1.89. The molecule has 0 fully saturated rings. The average molecular weight is 191 g/mol. The summed E-state index contributed by atoms with van der Waals surface area (Å²) in [6, 6.07) is 0.933. The molecular weight excluding hydrogens is 183 g/mol. The molecule has 72 valence electrons. The van der Waals surface area contributed by atoms with Crippen LogP contribution < -0.4 is 11.5 Å². The highest BCUT2D eigenvalue weighted by atomic mass is 19.3. The quantitative estimate of drug-likeness (QED) is 0.690. The molecule has 4 N–H and O–H groups in total. The number of hydrogen-bond donors (Lipinski definition) is 2. The Morgan fingerprint density at radius 3 is 2.54 bits per heavy atom. The standard InChI is InChI=1S/C7H8F3N3/c8-5(9)4-1-3(2-11)7(12)13-6(4)10/h1,5H,2,11H2,(H2,12,13). The van der Waals surface area contributed by atoms with E-state index in [1.165, 1.54) is 0 Å². The van der Waals surface area contributed by atoms with Crippen LogP contribution in [0.25, 0.3) is 0 Å². The molecule has 1 heterocycles. The Kier molecular flexibility index (Phi) is 2.72. The first-order valence-corrected chi connectivity index (χ1v) is 3.49. The lowest BCUT2D eigenvalue weighted by Crippen LogP contribution is -2.07. The monoisotopic (exact) mass is 191 g/mol. The molecule has 6 heteroatoms. The van der Waals surface area contributed by atoms with E-state index >= 15 is 0 Å². The van der Waals surface area contributed by atoms with Crippen molar-refractivity contribution in [1.29, 1.82) is 0 Å². The van der Waals surface area contributed by atoms with Gasteiger partial charge in [-0.1, -0.05) is 0 Å². The van der Waals surface area contributed by atoms with Crippen LogP contribution in [0.2, 0.25) is 0 Å². The molecule has 3 nitrogen and oxygen atoms in total. The second-order valence-electron chi connectivity index (χ2n) is 2.42. The highest BCUT2D eigenvalue weighted by Crippen LogP contribution is 2.23. The Bertz CT molecular complexity index is 314. The van der Waals surface area contributed by atoms with Gasteiger partial charge in [0.05, 0.1) is 5.56 Å². The minimum Gasteiger partial charge on any atom is -0.383 e. The maximum atomic E-state index is 12.7. The lowest BCUT2D eigenvalue weighted by atomic mass is 10.2. The fraction of sp³-hybridized carbons (Fsp3) is 0.286. The second-order valence-corrected chi connectivity index (χ2v) is 2.42. The Morgan fingerprint density at radius 2 is 2.08 bits per heavy atom. The molecule has 0 saturated heterocycles. The molecule has 0 amide bonds. The molecular formula is C7H8F3N3. The van der Waals surface area contributed by atoms with Gasteiger partial charge in [0.15, 0.2) is 0 Å². The molecule has 0 aliphatic heterocycles. The minimum absolute atomic E-state index is 0.0428. The van der Waals surface area contributed by atoms with Crippen molar-refractivity contribution in [3.8, 4) is 0 Å². The van der Waals surface area contributed by atoms with Gasteiger partial charge in [-0.15, -0.1) is 0 Å². The first-order valence-electron chi connectivity index (χ1n) is 3.49. The van der Waals surface area contributed by atoms with Gasteiger partial charge in [-0.2, -0.15) is 4.39 Å². The Morgan fingerprint density at radius 1 is 1.46 bits per heavy atom. The van der Waals surface area contributed by atoms with Crippen molar-refractivity contribution in [1.82, 2.24) is 4.98 Å². The first kappa shape index (κ1) is 9.79. The lowest BCUT2D eigenvalue weighted by molar-refractivity contribution is 0.145. The van der Waals surface area contributed by atoms with E-state index in [1.54, 1.807) is 0 Å². The average Bonchev–Trinajstić information content (AvgIpc) is 2.03. The number of alkyl halides is 2. The summed E-state index contributed by atoms with van der Waals surface area (Å²) in [5.41, 5.74) is 9.86. The summed E-state index contributed by atoms with van der Waals surface area (Å²) in [7, 11) is 0. The van der Waals surface area contributed by atoms with Gasteiger partial charge in [-0.3, -0.25) is 0 Å². The van der Waals surface area contributed by atoms with E-state index in [4.69, 9.17) is 11.5 Å². The minimum atomic E-state index is -2.90. The van der Waals surface area contributed by atoms with E-state index in [2.05, 4.69) is 4.98 Å². The van der Waals surface area contributed by atoms with Crippen molar-refractivity contribution in [2.75, 3.05) is 5.73 Å². The highest BCUT2D eigenvalue weighted by Gasteiger charge is 2.16. The van der Waals surface area contributed by atoms with Crippen molar-refractivity contribution in [2.45, 2.75) is 13.0 Å². The van der Waals surface area contributed by atoms with Crippen LogP contribution in [0.5, 0.6) is 0 Å². The molecule has 0 aliphatic rings. The molecule has 0 aromatic carbocycles. The maximum Gasteiger partial charge on any atom is 0.268 e. The Labute approximate surface area is 72.6 Å². The van der Waals surface area contributed by atoms with Crippen molar-refractivity contribution in [3.63, 3.8) is 0 Å². The molecule has 0 spiro atoms. The number of nitrogen functional groups attached to an aromatic ring is 1. The lowest BCUT2D eigenvalue weighted by Gasteiger charge is -2.06. The van der Waals surface area contributed by atoms with Gasteiger partial charge in [-0.25, -0.2) is 13.8 Å². The predicted octanol–water partition coefficient (Wildman–Crippen LogP) is 1.20. The van der Waals surface area contributed by atoms with Crippen LogP contribution in [0.1, 0.15) is 17.6 Å². The molecule has 1 rings (SSSR count). The summed E-state index contributed by atoms with van der Waals surface area (Å²) in [5.74, 6) is -1.39. The zero-order valence-electron chi connectivity index (χ0n) is 6.60. The van der Waals surface area contributed by atoms with Gasteiger partial charge in [0.25, 0.3) is 6.43 Å². The van der Waals surface area contributed by atoms with Crippen LogP contribution in [0.3, 0.4) is 0 Å². The van der Waals surface area contributed by atoms with Crippen molar-refractivity contribution in [3.05, 3.63) is 23.1 Å². The van der Waals surface area contributed by atoms with Crippen LogP contribution >= 0.6 is 0 Å². The molecule has 1 aromatic heterocycles. The third-order valence-corrected chi connectivity index (χ3v) is 1.57. The highest BCUT2D eigenvalue weighted by molar-refractivity contribution is 5.41. The van der Waals surface area contributed by atoms with E-state index in [0.29, 0.717) is 0 Å². The number of nitrogens with two attached hydrogens (primary N) is 2. The fourth-order valence-electron chi connectivity index (χ4n) is 0.880. The van der Waals surface area contributed by atoms with Crippen molar-refractivity contribution >= 4 is 5.82 Å². The first-order chi connectivity index (χ1) is 6.06. The molecule has 1 aromatic rings. The Balaban J connectivity index is 3.22. The van der Waals surface area contributed by atoms with Crippen LogP contribution in [0.4, 0.5) is 19.0 Å². The van der Waals surface area contributed by atoms with Gasteiger partial charge in [0.1, 0.15) is 5.82 Å². The molecule has 0 aliphatic carbocycles. The fourth-order valence-corrected chi connectivity index (χ4v) is 0.880. The number of anilines is 1. The maximum absolute atomic E-state index is 12.7. The summed E-state index contributed by atoms with van der Waals surface area (Å²) in [4.78, 5) is 3.12. The smallest absolute Gasteiger partial charge is 0.268 e. The van der Waals surface area contributed by atoms with Gasteiger partial charge in [-0.05, 0) is 6.07 Å². The topological polar surface area (TPSA) is 64.9 Å². The van der Waals surface area contributed by atoms with Gasteiger partial charge in [0, 0.05) is 12.1 Å². The molecule has 0 unspecified atom stereocenters. The zero-order chi connectivity index (χ0) is 10.0. The molecule has 0 radical (unpaired) electrons. The Hall–Kier alpha value is -1.30. The SMILES string of the molecule is NCc1cc(C(F)F)c(F)nc1N. The van der Waals surface area contributed by atoms with Crippen LogP contribution in [-0.2, 0) is 6.54 Å². The van der Waals surface area contributed by atoms with Gasteiger partial charge >= 0.3 is 0 Å². The summed E-state index contributed by atoms with van der Waals surface area (Å²) in [6.45, 7) is -0.0428. The van der Waals surface area contributed by atoms with E-state index in [9.17, 15) is 13.2 Å². The number of hydrogen-bond acceptors (Lipinski definition) is 3. The summed E-state index contributed by atoms with van der Waals surface area (Å²) >= 11 is 0. The third-order valence-electron chi connectivity index (χ3n) is 1.57. The van der Waals surface area contributed by atoms with Crippen LogP contribution in [-0.4, -0.2) is 4.98 Å². The largest absolute Gasteiger partial charge is 0.383 e. The molecule has 0 bridgehead atoms. The molecule has 0 atom stereocenters. The summed E-state index contributed by atoms with van der Waals surface area (Å²) in [6.07, 6.45) is -2.90. The zero-order valence-corrected chi connectivity index (χ0v) is 6.60. The molecule has 0 saturated carbocycles. The number of nitrogens with zero attached hydrogens (tertiary/aromatic N) is 1. The molecule has 13 heavy (non-hydrogen) atoms. The van der Waals surface area contributed by atoms with Crippen LogP contribution in [0.15, 0.2) is 6.07 Å². The second kappa shape index (κ2) is 3.61. The van der Waals surface area contributed by atoms with Crippen molar-refractivity contribution in [2.24, 2.45) is 5.73 Å². The predicted molar refractivity (Wildman–Crippen MR) is 41.5 cm³/mol. The van der Waals surface area contributed by atoms with E-state index < -0.39 is 17.9 Å². The van der Waals surface area contributed by atoms with Gasteiger partial charge < -0.3 is 11.5 Å². The van der Waals surface area contributed by atoms with Crippen LogP contribution in [0, 0.1) is 5.95 Å².